The number of amides is 3. The molecule has 238 valence electrons. The summed E-state index contributed by atoms with van der Waals surface area (Å²) in [6, 6.07) is -0.407. The third-order valence-electron chi connectivity index (χ3n) is 7.67. The first kappa shape index (κ1) is 33.9. The van der Waals surface area contributed by atoms with E-state index in [2.05, 4.69) is 20.6 Å². The average molecular weight is 614 g/mol. The fourth-order valence-electron chi connectivity index (χ4n) is 5.43. The van der Waals surface area contributed by atoms with Gasteiger partial charge in [-0.2, -0.15) is 17.2 Å². The van der Waals surface area contributed by atoms with Crippen molar-refractivity contribution in [2.75, 3.05) is 25.4 Å². The fourth-order valence-corrected chi connectivity index (χ4v) is 7.00. The van der Waals surface area contributed by atoms with Gasteiger partial charge in [0, 0.05) is 36.9 Å². The van der Waals surface area contributed by atoms with Crippen LogP contribution in [0.15, 0.2) is 0 Å². The van der Waals surface area contributed by atoms with Gasteiger partial charge in [0.15, 0.2) is 0 Å². The molecule has 3 rings (SSSR count). The van der Waals surface area contributed by atoms with E-state index in [1.807, 2.05) is 0 Å². The van der Waals surface area contributed by atoms with Crippen molar-refractivity contribution in [3.8, 4) is 0 Å². The molecule has 0 radical (unpaired) electrons. The topological polar surface area (TPSA) is 170 Å². The van der Waals surface area contributed by atoms with Crippen molar-refractivity contribution in [2.24, 2.45) is 5.73 Å². The largest absolute Gasteiger partial charge is 0.371 e. The van der Waals surface area contributed by atoms with E-state index in [9.17, 15) is 24.0 Å². The van der Waals surface area contributed by atoms with Gasteiger partial charge in [0.1, 0.15) is 0 Å². The van der Waals surface area contributed by atoms with E-state index >= 15 is 0 Å². The number of hydrogen-bond acceptors (Lipinski definition) is 11. The number of nitrogens with zero attached hydrogens (tertiary/aromatic N) is 2. The lowest BCUT2D eigenvalue weighted by molar-refractivity contribution is -0.259. The molecule has 13 nitrogen and oxygen atoms in total. The van der Waals surface area contributed by atoms with Crippen LogP contribution in [0.3, 0.4) is 0 Å². The van der Waals surface area contributed by atoms with Crippen molar-refractivity contribution in [3.63, 3.8) is 0 Å². The Morgan fingerprint density at radius 2 is 1.62 bits per heavy atom. The molecule has 0 aromatic rings. The highest BCUT2D eigenvalue weighted by Crippen LogP contribution is 2.38. The second kappa shape index (κ2) is 18.9. The van der Waals surface area contributed by atoms with Gasteiger partial charge in [-0.15, -0.1) is 0 Å². The van der Waals surface area contributed by atoms with E-state index in [1.54, 1.807) is 21.8 Å². The monoisotopic (exact) mass is 613 g/mol. The number of hydrazine groups is 1. The quantitative estimate of drug-likeness (QED) is 0.136. The van der Waals surface area contributed by atoms with Crippen LogP contribution in [0.25, 0.3) is 0 Å². The second-order valence-electron chi connectivity index (χ2n) is 11.0. The Hall–Kier alpha value is -2.58. The summed E-state index contributed by atoms with van der Waals surface area (Å²) < 4.78 is 0. The lowest BCUT2D eigenvalue weighted by Crippen LogP contribution is -2.54. The summed E-state index contributed by atoms with van der Waals surface area (Å²) in [6.07, 6.45) is 9.47. The predicted molar refractivity (Wildman–Crippen MR) is 155 cm³/mol. The van der Waals surface area contributed by atoms with Gasteiger partial charge in [-0.05, 0) is 57.9 Å². The van der Waals surface area contributed by atoms with Gasteiger partial charge in [-0.1, -0.05) is 25.7 Å². The maximum absolute atomic E-state index is 13.4. The zero-order valence-corrected chi connectivity index (χ0v) is 25.3. The maximum Gasteiger partial charge on any atom is 0.355 e. The number of hydroxylamine groups is 1. The van der Waals surface area contributed by atoms with E-state index < -0.39 is 11.9 Å². The number of nitrogens with two attached hydrogens (primary N) is 1. The number of carbonyl (C=O) groups excluding carboxylic acids is 5. The SMILES string of the molecule is NCCCCCC(=O)OOC(=O)CCCCCN1C(=O)CCCCCNOC(=O)CCCC[C@H]2SC[C@H]3NC(=O)N1[C@H]32. The molecule has 14 heteroatoms. The number of hydrogen-bond donors (Lipinski definition) is 3. The van der Waals surface area contributed by atoms with Gasteiger partial charge in [-0.3, -0.25) is 9.59 Å². The third kappa shape index (κ3) is 11.3. The van der Waals surface area contributed by atoms with Crippen LogP contribution in [0.4, 0.5) is 4.79 Å². The van der Waals surface area contributed by atoms with Crippen LogP contribution >= 0.6 is 11.8 Å². The lowest BCUT2D eigenvalue weighted by atomic mass is 10.0. The van der Waals surface area contributed by atoms with E-state index in [-0.39, 0.29) is 48.1 Å². The molecular formula is C28H47N5O8S. The van der Waals surface area contributed by atoms with Crippen molar-refractivity contribution in [2.45, 2.75) is 120 Å². The molecule has 3 atom stereocenters. The molecule has 4 N–H and O–H groups in total. The molecule has 0 unspecified atom stereocenters. The minimum Gasteiger partial charge on any atom is -0.371 e. The van der Waals surface area contributed by atoms with Gasteiger partial charge in [-0.25, -0.2) is 34.2 Å². The van der Waals surface area contributed by atoms with Crippen LogP contribution in [-0.4, -0.2) is 82.6 Å². The van der Waals surface area contributed by atoms with Crippen LogP contribution in [0.5, 0.6) is 0 Å². The van der Waals surface area contributed by atoms with Crippen molar-refractivity contribution < 1.29 is 38.6 Å². The summed E-state index contributed by atoms with van der Waals surface area (Å²) in [4.78, 5) is 76.5. The van der Waals surface area contributed by atoms with E-state index in [0.29, 0.717) is 71.0 Å². The van der Waals surface area contributed by atoms with Crippen LogP contribution in [0.2, 0.25) is 0 Å². The highest BCUT2D eigenvalue weighted by Gasteiger charge is 2.51. The van der Waals surface area contributed by atoms with Crippen LogP contribution in [0.1, 0.15) is 103 Å². The fraction of sp³-hybridized carbons (Fsp3) is 0.821. The first-order valence-electron chi connectivity index (χ1n) is 15.4. The summed E-state index contributed by atoms with van der Waals surface area (Å²) in [5.74, 6) is -0.767. The van der Waals surface area contributed by atoms with Crippen molar-refractivity contribution in [1.29, 1.82) is 0 Å². The van der Waals surface area contributed by atoms with Crippen molar-refractivity contribution >= 4 is 41.6 Å². The number of urea groups is 1. The highest BCUT2D eigenvalue weighted by atomic mass is 32.2. The van der Waals surface area contributed by atoms with Gasteiger partial charge in [0.05, 0.1) is 24.9 Å². The Morgan fingerprint density at radius 1 is 0.905 bits per heavy atom. The maximum atomic E-state index is 13.4. The molecule has 0 aliphatic carbocycles. The van der Waals surface area contributed by atoms with Gasteiger partial charge in [0.25, 0.3) is 0 Å². The zero-order valence-electron chi connectivity index (χ0n) is 24.5. The molecule has 3 heterocycles. The molecule has 0 aromatic carbocycles. The molecule has 42 heavy (non-hydrogen) atoms. The Bertz CT molecular complexity index is 910. The molecule has 3 saturated heterocycles. The molecule has 0 aromatic heterocycles. The number of thioether (sulfide) groups is 1. The smallest absolute Gasteiger partial charge is 0.355 e. The summed E-state index contributed by atoms with van der Waals surface area (Å²) >= 11 is 1.80. The molecule has 0 bridgehead atoms. The summed E-state index contributed by atoms with van der Waals surface area (Å²) in [6.45, 7) is 1.46. The number of rotatable bonds is 11. The van der Waals surface area contributed by atoms with Gasteiger partial charge >= 0.3 is 23.9 Å². The van der Waals surface area contributed by atoms with E-state index in [0.717, 1.165) is 44.3 Å². The average Bonchev–Trinajstić information content (AvgIpc) is 3.51. The molecule has 3 fully saturated rings. The minimum atomic E-state index is -0.614. The Balaban J connectivity index is 1.50. The molecule has 3 aliphatic heterocycles. The highest BCUT2D eigenvalue weighted by molar-refractivity contribution is 8.00. The molecule has 0 saturated carbocycles. The minimum absolute atomic E-state index is 0.0304. The lowest BCUT2D eigenvalue weighted by Gasteiger charge is -2.37. The second-order valence-corrected chi connectivity index (χ2v) is 12.3. The Labute approximate surface area is 252 Å². The number of nitrogens with one attached hydrogen (secondary N) is 2. The van der Waals surface area contributed by atoms with Crippen LogP contribution in [-0.2, 0) is 33.8 Å². The third-order valence-corrected chi connectivity index (χ3v) is 9.16. The van der Waals surface area contributed by atoms with Crippen LogP contribution in [0, 0.1) is 0 Å². The molecular weight excluding hydrogens is 566 g/mol. The standard InChI is InChI=1S/C28H47N5O8S/c29-17-9-1-5-15-25(36)40-41-26(37)16-6-3-11-19-32-23(34)13-4-2-10-18-30-39-24(35)14-8-7-12-22-27-21(20-42-22)31-28(38)33(27)32/h21-22,27,30H,1-20,29H2,(H,31,38)/t21-,22-,27-/m1/s1. The van der Waals surface area contributed by atoms with E-state index in [4.69, 9.17) is 10.6 Å². The summed E-state index contributed by atoms with van der Waals surface area (Å²) in [5.41, 5.74) is 8.14. The molecule has 3 aliphatic rings. The number of unbranched alkanes of at least 4 members (excludes halogenated alkanes) is 4. The molecule has 0 spiro atoms. The number of carbonyl (C=O) groups is 5. The normalized spacial score (nSPS) is 24.0. The summed E-state index contributed by atoms with van der Waals surface area (Å²) in [5, 5.41) is 6.49. The van der Waals surface area contributed by atoms with Crippen molar-refractivity contribution in [3.05, 3.63) is 0 Å². The zero-order chi connectivity index (χ0) is 30.2. The Kier molecular flexibility index (Phi) is 15.2. The van der Waals surface area contributed by atoms with Crippen molar-refractivity contribution in [1.82, 2.24) is 20.8 Å². The van der Waals surface area contributed by atoms with Gasteiger partial charge < -0.3 is 15.9 Å². The van der Waals surface area contributed by atoms with Gasteiger partial charge in [0.2, 0.25) is 5.91 Å². The molecule has 3 amide bonds. The predicted octanol–water partition coefficient (Wildman–Crippen LogP) is 2.87. The summed E-state index contributed by atoms with van der Waals surface area (Å²) in [7, 11) is 0. The first-order valence-corrected chi connectivity index (χ1v) is 16.5. The van der Waals surface area contributed by atoms with E-state index in [1.165, 1.54) is 0 Å². The van der Waals surface area contributed by atoms with Crippen LogP contribution < -0.4 is 16.5 Å². The first-order chi connectivity index (χ1) is 20.4. The Morgan fingerprint density at radius 3 is 2.36 bits per heavy atom.